The Morgan fingerprint density at radius 2 is 2.23 bits per heavy atom. The Kier molecular flexibility index (Phi) is 1.51. The van der Waals surface area contributed by atoms with E-state index < -0.39 is 0 Å². The molecule has 3 N–H and O–H groups in total. The molecule has 0 aliphatic heterocycles. The van der Waals surface area contributed by atoms with E-state index in [0.29, 0.717) is 0 Å². The number of hydrogen-bond donors (Lipinski definition) is 2. The van der Waals surface area contributed by atoms with Gasteiger partial charge in [0.1, 0.15) is 0 Å². The van der Waals surface area contributed by atoms with Crippen molar-refractivity contribution in [2.24, 2.45) is 5.73 Å². The highest BCUT2D eigenvalue weighted by atomic mass is 14.7. The highest BCUT2D eigenvalue weighted by molar-refractivity contribution is 5.64. The largest absolute Gasteiger partial charge is 0.355 e. The van der Waals surface area contributed by atoms with Crippen LogP contribution >= 0.6 is 0 Å². The minimum absolute atomic E-state index is 0.337. The van der Waals surface area contributed by atoms with Gasteiger partial charge in [-0.15, -0.1) is 0 Å². The van der Waals surface area contributed by atoms with Gasteiger partial charge >= 0.3 is 0 Å². The Morgan fingerprint density at radius 3 is 2.92 bits per heavy atom. The maximum absolute atomic E-state index is 5.97. The van der Waals surface area contributed by atoms with Crippen molar-refractivity contribution < 1.29 is 0 Å². The van der Waals surface area contributed by atoms with Gasteiger partial charge in [-0.25, -0.2) is 0 Å². The molecule has 13 heavy (non-hydrogen) atoms. The van der Waals surface area contributed by atoms with Gasteiger partial charge in [-0.3, -0.25) is 0 Å². The molecule has 1 aliphatic rings. The predicted octanol–water partition coefficient (Wildman–Crippen LogP) is 0.258. The van der Waals surface area contributed by atoms with E-state index in [-0.39, 0.29) is 5.54 Å². The lowest BCUT2D eigenvalue weighted by Gasteiger charge is -2.17. The van der Waals surface area contributed by atoms with Gasteiger partial charge in [0.05, 0.1) is 5.54 Å². The molecule has 0 amide bonds. The van der Waals surface area contributed by atoms with E-state index in [1.54, 1.807) is 0 Å². The molecular weight excluding hydrogens is 160 g/mol. The lowest BCUT2D eigenvalue weighted by molar-refractivity contribution is 0.774. The molecule has 1 aliphatic carbocycles. The van der Waals surface area contributed by atoms with Crippen LogP contribution in [0.15, 0.2) is 6.08 Å². The number of aromatic nitrogens is 1. The van der Waals surface area contributed by atoms with Crippen LogP contribution in [0, 0.1) is 6.92 Å². The minimum atomic E-state index is -0.337. The third-order valence-electron chi connectivity index (χ3n) is 2.50. The Bertz CT molecular complexity index is 475. The fourth-order valence-corrected chi connectivity index (χ4v) is 1.64. The van der Waals surface area contributed by atoms with Gasteiger partial charge in [0, 0.05) is 16.3 Å². The molecule has 0 saturated carbocycles. The van der Waals surface area contributed by atoms with Crippen molar-refractivity contribution in [3.05, 3.63) is 27.9 Å². The summed E-state index contributed by atoms with van der Waals surface area (Å²) >= 11 is 0. The van der Waals surface area contributed by atoms with Crippen molar-refractivity contribution in [3.63, 3.8) is 0 Å². The van der Waals surface area contributed by atoms with Crippen LogP contribution in [0.4, 0.5) is 0 Å². The van der Waals surface area contributed by atoms with Crippen LogP contribution in [0.1, 0.15) is 18.1 Å². The van der Waals surface area contributed by atoms with E-state index in [9.17, 15) is 0 Å². The van der Waals surface area contributed by atoms with Gasteiger partial charge in [0.25, 0.3) is 0 Å². The molecule has 68 valence electrons. The second-order valence-corrected chi connectivity index (χ2v) is 3.90. The normalized spacial score (nSPS) is 25.5. The fourth-order valence-electron chi connectivity index (χ4n) is 1.64. The lowest BCUT2D eigenvalue weighted by atomic mass is 9.96. The van der Waals surface area contributed by atoms with Crippen LogP contribution in [0.3, 0.4) is 0 Å². The van der Waals surface area contributed by atoms with Crippen LogP contribution in [0.5, 0.6) is 0 Å². The highest BCUT2D eigenvalue weighted by Gasteiger charge is 2.16. The SMILES string of the molecule is C=c1[nH]c2c(c1C)C=CC(C)(N)C=2. The van der Waals surface area contributed by atoms with Gasteiger partial charge in [0.2, 0.25) is 0 Å². The topological polar surface area (TPSA) is 41.8 Å². The van der Waals surface area contributed by atoms with E-state index in [0.717, 1.165) is 10.7 Å². The molecule has 0 aromatic carbocycles. The molecule has 0 bridgehead atoms. The average molecular weight is 174 g/mol. The summed E-state index contributed by atoms with van der Waals surface area (Å²) in [6.45, 7) is 7.96. The molecule has 0 fully saturated rings. The van der Waals surface area contributed by atoms with Gasteiger partial charge < -0.3 is 10.7 Å². The van der Waals surface area contributed by atoms with Gasteiger partial charge in [0.15, 0.2) is 0 Å². The first-order valence-corrected chi connectivity index (χ1v) is 4.38. The molecule has 0 saturated heterocycles. The molecule has 0 spiro atoms. The van der Waals surface area contributed by atoms with Crippen LogP contribution in [-0.2, 0) is 0 Å². The summed E-state index contributed by atoms with van der Waals surface area (Å²) in [5, 5.41) is 2.07. The summed E-state index contributed by atoms with van der Waals surface area (Å²) in [5.74, 6) is 0. The maximum atomic E-state index is 5.97. The maximum Gasteiger partial charge on any atom is 0.0522 e. The Hall–Kier alpha value is -1.28. The van der Waals surface area contributed by atoms with E-state index >= 15 is 0 Å². The number of H-pyrrole nitrogens is 1. The first-order chi connectivity index (χ1) is 5.99. The number of fused-ring (bicyclic) bond motifs is 1. The minimum Gasteiger partial charge on any atom is -0.355 e. The second-order valence-electron chi connectivity index (χ2n) is 3.90. The summed E-state index contributed by atoms with van der Waals surface area (Å²) in [4.78, 5) is 3.22. The van der Waals surface area contributed by atoms with Crippen molar-refractivity contribution >= 4 is 18.7 Å². The van der Waals surface area contributed by atoms with Gasteiger partial charge in [-0.05, 0) is 25.5 Å². The van der Waals surface area contributed by atoms with E-state index in [1.807, 2.05) is 19.1 Å². The van der Waals surface area contributed by atoms with Crippen molar-refractivity contribution in [1.82, 2.24) is 4.98 Å². The van der Waals surface area contributed by atoms with Crippen molar-refractivity contribution in [1.29, 1.82) is 0 Å². The van der Waals surface area contributed by atoms with Crippen LogP contribution in [0.25, 0.3) is 18.7 Å². The number of nitrogens with one attached hydrogen (secondary N) is 1. The quantitative estimate of drug-likeness (QED) is 0.582. The Labute approximate surface area is 77.5 Å². The average Bonchev–Trinajstić information content (AvgIpc) is 2.25. The monoisotopic (exact) mass is 174 g/mol. The van der Waals surface area contributed by atoms with Crippen LogP contribution in [0.2, 0.25) is 0 Å². The fraction of sp³-hybridized carbons (Fsp3) is 0.273. The number of rotatable bonds is 0. The first kappa shape index (κ1) is 8.32. The molecule has 1 unspecified atom stereocenters. The molecule has 1 aromatic heterocycles. The third-order valence-corrected chi connectivity index (χ3v) is 2.50. The predicted molar refractivity (Wildman–Crippen MR) is 56.4 cm³/mol. The van der Waals surface area contributed by atoms with E-state index in [4.69, 9.17) is 5.73 Å². The summed E-state index contributed by atoms with van der Waals surface area (Å²) in [6, 6.07) is 0. The molecule has 1 aromatic rings. The van der Waals surface area contributed by atoms with E-state index in [1.165, 1.54) is 11.1 Å². The molecule has 1 heterocycles. The zero-order valence-corrected chi connectivity index (χ0v) is 8.02. The van der Waals surface area contributed by atoms with Crippen LogP contribution in [-0.4, -0.2) is 10.5 Å². The smallest absolute Gasteiger partial charge is 0.0522 e. The molecule has 2 rings (SSSR count). The number of hydrogen-bond acceptors (Lipinski definition) is 1. The van der Waals surface area contributed by atoms with Gasteiger partial charge in [-0.1, -0.05) is 18.7 Å². The molecule has 1 atom stereocenters. The van der Waals surface area contributed by atoms with Crippen molar-refractivity contribution in [2.75, 3.05) is 0 Å². The standard InChI is InChI=1S/C11H14N2/c1-7-8(2)13-10-6-11(3,12)5-4-9(7)10/h4-6,13H,2,12H2,1,3H3. The van der Waals surface area contributed by atoms with E-state index in [2.05, 4.69) is 24.6 Å². The zero-order valence-electron chi connectivity index (χ0n) is 8.02. The lowest BCUT2D eigenvalue weighted by Crippen LogP contribution is -2.35. The highest BCUT2D eigenvalue weighted by Crippen LogP contribution is 2.12. The molecule has 2 nitrogen and oxygen atoms in total. The van der Waals surface area contributed by atoms with Crippen molar-refractivity contribution in [3.8, 4) is 0 Å². The third kappa shape index (κ3) is 1.23. The zero-order chi connectivity index (χ0) is 9.64. The molecular formula is C11H14N2. The summed E-state index contributed by atoms with van der Waals surface area (Å²) in [5.41, 5.74) is 8.05. The summed E-state index contributed by atoms with van der Waals surface area (Å²) in [6.07, 6.45) is 6.11. The Morgan fingerprint density at radius 1 is 1.54 bits per heavy atom. The first-order valence-electron chi connectivity index (χ1n) is 4.38. The van der Waals surface area contributed by atoms with Gasteiger partial charge in [-0.2, -0.15) is 0 Å². The van der Waals surface area contributed by atoms with Crippen LogP contribution < -0.4 is 16.4 Å². The summed E-state index contributed by atoms with van der Waals surface area (Å²) in [7, 11) is 0. The summed E-state index contributed by atoms with van der Waals surface area (Å²) < 4.78 is 0. The molecule has 0 radical (unpaired) electrons. The number of aromatic amines is 1. The Balaban J connectivity index is 2.80. The second kappa shape index (κ2) is 2.36. The number of nitrogens with two attached hydrogens (primary N) is 1. The van der Waals surface area contributed by atoms with Crippen molar-refractivity contribution in [2.45, 2.75) is 19.4 Å². The molecule has 2 heteroatoms.